The van der Waals surface area contributed by atoms with E-state index in [1.165, 1.54) is 0 Å². The second kappa shape index (κ2) is 9.02. The average Bonchev–Trinajstić information content (AvgIpc) is 3.05. The maximum absolute atomic E-state index is 13.6. The largest absolute Gasteiger partial charge is 0.350 e. The van der Waals surface area contributed by atoms with Gasteiger partial charge in [0.2, 0.25) is 5.91 Å². The van der Waals surface area contributed by atoms with E-state index >= 15 is 0 Å². The van der Waals surface area contributed by atoms with E-state index in [1.807, 2.05) is 12.1 Å². The zero-order valence-electron chi connectivity index (χ0n) is 16.8. The minimum Gasteiger partial charge on any atom is -0.350 e. The first kappa shape index (κ1) is 21.9. The van der Waals surface area contributed by atoms with Crippen molar-refractivity contribution in [3.05, 3.63) is 106 Å². The second-order valence-corrected chi connectivity index (χ2v) is 8.16. The minimum absolute atomic E-state index is 0.140. The van der Waals surface area contributed by atoms with Gasteiger partial charge < -0.3 is 10.6 Å². The van der Waals surface area contributed by atoms with Crippen LogP contribution in [0.4, 0.5) is 4.79 Å². The van der Waals surface area contributed by atoms with Gasteiger partial charge in [-0.05, 0) is 28.8 Å². The molecular weight excluding hydrogens is 449 g/mol. The summed E-state index contributed by atoms with van der Waals surface area (Å²) < 4.78 is 0. The first-order valence-corrected chi connectivity index (χ1v) is 10.6. The van der Waals surface area contributed by atoms with Crippen LogP contribution in [-0.4, -0.2) is 29.3 Å². The van der Waals surface area contributed by atoms with Gasteiger partial charge in [-0.3, -0.25) is 14.5 Å². The summed E-state index contributed by atoms with van der Waals surface area (Å²) in [4.78, 5) is 39.9. The van der Waals surface area contributed by atoms with E-state index < -0.39 is 29.9 Å². The predicted molar refractivity (Wildman–Crippen MR) is 122 cm³/mol. The van der Waals surface area contributed by atoms with E-state index in [4.69, 9.17) is 23.2 Å². The summed E-state index contributed by atoms with van der Waals surface area (Å²) in [5.41, 5.74) is 0.490. The van der Waals surface area contributed by atoms with Crippen molar-refractivity contribution in [2.75, 3.05) is 6.54 Å². The smallest absolute Gasteiger partial charge is 0.326 e. The van der Waals surface area contributed by atoms with Crippen molar-refractivity contribution in [3.8, 4) is 0 Å². The number of hydrogen-bond acceptors (Lipinski definition) is 3. The molecule has 0 atom stereocenters. The summed E-state index contributed by atoms with van der Waals surface area (Å²) in [6, 6.07) is 22.3. The van der Waals surface area contributed by atoms with Crippen molar-refractivity contribution in [2.24, 2.45) is 0 Å². The molecule has 1 fully saturated rings. The zero-order chi connectivity index (χ0) is 22.7. The van der Waals surface area contributed by atoms with Crippen LogP contribution in [0.1, 0.15) is 16.7 Å². The van der Waals surface area contributed by atoms with Gasteiger partial charge in [-0.1, -0.05) is 89.9 Å². The number of halogens is 2. The number of rotatable bonds is 6. The molecule has 4 rings (SSSR count). The minimum atomic E-state index is -1.40. The molecule has 3 aromatic rings. The lowest BCUT2D eigenvalue weighted by molar-refractivity contribution is -0.134. The van der Waals surface area contributed by atoms with Gasteiger partial charge in [-0.2, -0.15) is 0 Å². The number of nitrogens with zero attached hydrogens (tertiary/aromatic N) is 1. The van der Waals surface area contributed by atoms with Gasteiger partial charge in [0.05, 0.1) is 0 Å². The lowest BCUT2D eigenvalue weighted by Crippen LogP contribution is -2.46. The quantitative estimate of drug-likeness (QED) is 0.535. The number of amides is 4. The Labute approximate surface area is 195 Å². The van der Waals surface area contributed by atoms with Crippen molar-refractivity contribution < 1.29 is 14.4 Å². The summed E-state index contributed by atoms with van der Waals surface area (Å²) in [6.45, 7) is -0.279. The molecule has 162 valence electrons. The highest BCUT2D eigenvalue weighted by molar-refractivity contribution is 6.35. The van der Waals surface area contributed by atoms with Gasteiger partial charge in [0.1, 0.15) is 6.54 Å². The van der Waals surface area contributed by atoms with Crippen LogP contribution < -0.4 is 10.6 Å². The first-order chi connectivity index (χ1) is 15.4. The molecule has 0 aliphatic carbocycles. The molecule has 2 N–H and O–H groups in total. The predicted octanol–water partition coefficient (Wildman–Crippen LogP) is 4.11. The Morgan fingerprint density at radius 1 is 0.906 bits per heavy atom. The topological polar surface area (TPSA) is 78.5 Å². The molecule has 0 bridgehead atoms. The maximum Gasteiger partial charge on any atom is 0.326 e. The summed E-state index contributed by atoms with van der Waals surface area (Å²) in [7, 11) is 0. The normalized spacial score (nSPS) is 14.9. The molecule has 3 aromatic carbocycles. The lowest BCUT2D eigenvalue weighted by Gasteiger charge is -2.28. The van der Waals surface area contributed by atoms with Crippen LogP contribution in [0, 0.1) is 0 Å². The molecular formula is C24H19Cl2N3O3. The van der Waals surface area contributed by atoms with E-state index in [0.29, 0.717) is 26.7 Å². The Morgan fingerprint density at radius 3 is 2.06 bits per heavy atom. The Kier molecular flexibility index (Phi) is 6.17. The monoisotopic (exact) mass is 467 g/mol. The number of hydrogen-bond donors (Lipinski definition) is 2. The third-order valence-electron chi connectivity index (χ3n) is 5.31. The van der Waals surface area contributed by atoms with Gasteiger partial charge in [0.25, 0.3) is 5.91 Å². The molecule has 0 aromatic heterocycles. The fourth-order valence-corrected chi connectivity index (χ4v) is 4.19. The van der Waals surface area contributed by atoms with Crippen LogP contribution >= 0.6 is 23.2 Å². The van der Waals surface area contributed by atoms with Crippen LogP contribution in [0.15, 0.2) is 78.9 Å². The highest BCUT2D eigenvalue weighted by Gasteiger charge is 2.53. The molecule has 32 heavy (non-hydrogen) atoms. The summed E-state index contributed by atoms with van der Waals surface area (Å²) in [5.74, 6) is -1.00. The average molecular weight is 468 g/mol. The van der Waals surface area contributed by atoms with Crippen molar-refractivity contribution in [1.82, 2.24) is 15.5 Å². The van der Waals surface area contributed by atoms with E-state index in [2.05, 4.69) is 10.6 Å². The van der Waals surface area contributed by atoms with Crippen LogP contribution in [-0.2, 0) is 21.7 Å². The molecule has 1 saturated heterocycles. The highest BCUT2D eigenvalue weighted by Crippen LogP contribution is 2.35. The van der Waals surface area contributed by atoms with Crippen LogP contribution in [0.2, 0.25) is 10.0 Å². The van der Waals surface area contributed by atoms with Gasteiger partial charge >= 0.3 is 6.03 Å². The SMILES string of the molecule is O=C(CN1C(=O)NC(c2ccccc2)(c2ccccc2)C1=O)NCc1ccc(Cl)cc1Cl. The molecule has 1 aliphatic heterocycles. The second-order valence-electron chi connectivity index (χ2n) is 7.32. The molecule has 0 unspecified atom stereocenters. The Bertz CT molecular complexity index is 1130. The fourth-order valence-electron chi connectivity index (χ4n) is 3.71. The highest BCUT2D eigenvalue weighted by atomic mass is 35.5. The van der Waals surface area contributed by atoms with Crippen molar-refractivity contribution in [1.29, 1.82) is 0 Å². The molecule has 1 aliphatic rings. The van der Waals surface area contributed by atoms with Gasteiger partial charge in [0, 0.05) is 16.6 Å². The van der Waals surface area contributed by atoms with E-state index in [9.17, 15) is 14.4 Å². The Morgan fingerprint density at radius 2 is 1.50 bits per heavy atom. The van der Waals surface area contributed by atoms with Gasteiger partial charge in [0.15, 0.2) is 5.54 Å². The summed E-state index contributed by atoms with van der Waals surface area (Å²) in [6.07, 6.45) is 0. The van der Waals surface area contributed by atoms with Crippen LogP contribution in [0.3, 0.4) is 0 Å². The molecule has 1 heterocycles. The number of nitrogens with one attached hydrogen (secondary N) is 2. The standard InChI is InChI=1S/C24H19Cl2N3O3/c25-19-12-11-16(20(26)13-19)14-27-21(30)15-29-22(31)24(28-23(29)32,17-7-3-1-4-8-17)18-9-5-2-6-10-18/h1-13H,14-15H2,(H,27,30)(H,28,32). The number of imide groups is 1. The number of benzene rings is 3. The molecule has 6 nitrogen and oxygen atoms in total. The van der Waals surface area contributed by atoms with Gasteiger partial charge in [-0.15, -0.1) is 0 Å². The van der Waals surface area contributed by atoms with Crippen molar-refractivity contribution in [3.63, 3.8) is 0 Å². The summed E-state index contributed by atoms with van der Waals surface area (Å²) in [5, 5.41) is 6.41. The molecule has 4 amide bonds. The fraction of sp³-hybridized carbons (Fsp3) is 0.125. The van der Waals surface area contributed by atoms with E-state index in [0.717, 1.165) is 4.90 Å². The molecule has 0 spiro atoms. The molecule has 0 radical (unpaired) electrons. The van der Waals surface area contributed by atoms with Crippen LogP contribution in [0.25, 0.3) is 0 Å². The number of carbonyl (C=O) groups excluding carboxylic acids is 3. The summed E-state index contributed by atoms with van der Waals surface area (Å²) >= 11 is 12.0. The lowest BCUT2D eigenvalue weighted by atomic mass is 9.82. The molecule has 8 heteroatoms. The van der Waals surface area contributed by atoms with Gasteiger partial charge in [-0.25, -0.2) is 4.79 Å². The zero-order valence-corrected chi connectivity index (χ0v) is 18.4. The first-order valence-electron chi connectivity index (χ1n) is 9.87. The van der Waals surface area contributed by atoms with E-state index in [1.54, 1.807) is 66.7 Å². The Balaban J connectivity index is 1.56. The van der Waals surface area contributed by atoms with Crippen molar-refractivity contribution in [2.45, 2.75) is 12.1 Å². The van der Waals surface area contributed by atoms with Crippen molar-refractivity contribution >= 4 is 41.0 Å². The molecule has 0 saturated carbocycles. The van der Waals surface area contributed by atoms with Crippen LogP contribution in [0.5, 0.6) is 0 Å². The Hall–Kier alpha value is -3.35. The van der Waals surface area contributed by atoms with E-state index in [-0.39, 0.29) is 6.54 Å². The third kappa shape index (κ3) is 4.07. The maximum atomic E-state index is 13.6. The third-order valence-corrected chi connectivity index (χ3v) is 5.90. The number of urea groups is 1. The number of carbonyl (C=O) groups is 3.